The molecule has 0 radical (unpaired) electrons. The van der Waals surface area contributed by atoms with Crippen LogP contribution in [0.15, 0.2) is 90.0 Å². The number of hydrogen-bond acceptors (Lipinski definition) is 7. The van der Waals surface area contributed by atoms with Gasteiger partial charge in [-0.25, -0.2) is 10.2 Å². The first-order valence-electron chi connectivity index (χ1n) is 11.5. The molecule has 0 fully saturated rings. The molecule has 1 atom stereocenters. The van der Waals surface area contributed by atoms with Crippen LogP contribution in [0.3, 0.4) is 0 Å². The Balaban J connectivity index is 1.29. The van der Waals surface area contributed by atoms with E-state index in [1.54, 1.807) is 49.4 Å². The second-order valence-electron chi connectivity index (χ2n) is 8.03. The fourth-order valence-electron chi connectivity index (χ4n) is 3.51. The number of amides is 1. The summed E-state index contributed by atoms with van der Waals surface area (Å²) in [7, 11) is 3.01. The van der Waals surface area contributed by atoms with Crippen LogP contribution in [0.4, 0.5) is 0 Å². The molecule has 0 saturated heterocycles. The van der Waals surface area contributed by atoms with E-state index in [-0.39, 0.29) is 5.91 Å². The summed E-state index contributed by atoms with van der Waals surface area (Å²) in [4.78, 5) is 24.8. The van der Waals surface area contributed by atoms with Crippen LogP contribution >= 0.6 is 0 Å². The Morgan fingerprint density at radius 1 is 0.811 bits per heavy atom. The van der Waals surface area contributed by atoms with Gasteiger partial charge in [-0.05, 0) is 77.9 Å². The minimum absolute atomic E-state index is 0.325. The van der Waals surface area contributed by atoms with Crippen molar-refractivity contribution in [3.63, 3.8) is 0 Å². The number of nitrogens with one attached hydrogen (secondary N) is 1. The highest BCUT2D eigenvalue weighted by molar-refractivity contribution is 5.92. The second-order valence-corrected chi connectivity index (χ2v) is 8.03. The van der Waals surface area contributed by atoms with Crippen molar-refractivity contribution in [2.45, 2.75) is 13.0 Å². The van der Waals surface area contributed by atoms with Crippen molar-refractivity contribution in [1.82, 2.24) is 5.43 Å². The Morgan fingerprint density at radius 2 is 1.51 bits per heavy atom. The van der Waals surface area contributed by atoms with Gasteiger partial charge < -0.3 is 18.9 Å². The summed E-state index contributed by atoms with van der Waals surface area (Å²) in [5, 5.41) is 6.12. The summed E-state index contributed by atoms with van der Waals surface area (Å²) in [6.45, 7) is 1.65. The van der Waals surface area contributed by atoms with E-state index < -0.39 is 12.1 Å². The molecule has 0 aliphatic rings. The van der Waals surface area contributed by atoms with E-state index in [4.69, 9.17) is 18.9 Å². The summed E-state index contributed by atoms with van der Waals surface area (Å²) >= 11 is 0. The van der Waals surface area contributed by atoms with Crippen LogP contribution in [0.2, 0.25) is 0 Å². The van der Waals surface area contributed by atoms with Gasteiger partial charge in [0.15, 0.2) is 17.6 Å². The molecule has 0 aliphatic heterocycles. The Hall–Kier alpha value is -4.85. The van der Waals surface area contributed by atoms with Gasteiger partial charge in [0.2, 0.25) is 0 Å². The van der Waals surface area contributed by atoms with Gasteiger partial charge in [0, 0.05) is 0 Å². The normalized spacial score (nSPS) is 11.6. The maximum Gasteiger partial charge on any atom is 0.343 e. The van der Waals surface area contributed by atoms with Crippen LogP contribution in [0.5, 0.6) is 23.0 Å². The van der Waals surface area contributed by atoms with Gasteiger partial charge in [-0.15, -0.1) is 0 Å². The van der Waals surface area contributed by atoms with Crippen molar-refractivity contribution >= 4 is 28.9 Å². The number of fused-ring (bicyclic) bond motifs is 1. The number of ether oxygens (including phenoxy) is 4. The van der Waals surface area contributed by atoms with Gasteiger partial charge >= 0.3 is 5.97 Å². The maximum absolute atomic E-state index is 12.5. The zero-order valence-corrected chi connectivity index (χ0v) is 20.6. The monoisotopic (exact) mass is 498 g/mol. The van der Waals surface area contributed by atoms with Crippen LogP contribution in [-0.2, 0) is 4.79 Å². The molecule has 4 rings (SSSR count). The molecule has 0 heterocycles. The van der Waals surface area contributed by atoms with Gasteiger partial charge in [-0.2, -0.15) is 5.10 Å². The minimum atomic E-state index is -0.739. The number of esters is 1. The first-order chi connectivity index (χ1) is 18.0. The SMILES string of the molecule is COc1ccc(C(=O)Oc2ccc(/C=N\NC(=O)[C@@H](C)Oc3ccc4ccccc4c3)cc2)cc1OC. The number of carbonyl (C=O) groups excluding carboxylic acids is 2. The zero-order valence-electron chi connectivity index (χ0n) is 20.6. The van der Waals surface area contributed by atoms with Gasteiger partial charge in [0.25, 0.3) is 5.91 Å². The highest BCUT2D eigenvalue weighted by Gasteiger charge is 2.15. The third-order valence-corrected chi connectivity index (χ3v) is 5.50. The predicted octanol–water partition coefficient (Wildman–Crippen LogP) is 4.99. The molecular weight excluding hydrogens is 472 g/mol. The molecule has 8 heteroatoms. The lowest BCUT2D eigenvalue weighted by atomic mass is 10.1. The topological polar surface area (TPSA) is 95.5 Å². The average molecular weight is 499 g/mol. The maximum atomic E-state index is 12.5. The Labute approximate surface area is 214 Å². The first kappa shape index (κ1) is 25.2. The van der Waals surface area contributed by atoms with Gasteiger partial charge in [0.1, 0.15) is 11.5 Å². The molecule has 1 amide bonds. The second kappa shape index (κ2) is 11.7. The summed E-state index contributed by atoms with van der Waals surface area (Å²) in [5.41, 5.74) is 3.50. The number of rotatable bonds is 9. The fourth-order valence-corrected chi connectivity index (χ4v) is 3.51. The minimum Gasteiger partial charge on any atom is -0.493 e. The number of nitrogens with zero attached hydrogens (tertiary/aromatic N) is 1. The Bertz CT molecular complexity index is 1430. The molecule has 37 heavy (non-hydrogen) atoms. The van der Waals surface area contributed by atoms with E-state index in [1.165, 1.54) is 20.4 Å². The predicted molar refractivity (Wildman–Crippen MR) is 141 cm³/mol. The van der Waals surface area contributed by atoms with Crippen molar-refractivity contribution in [2.24, 2.45) is 5.10 Å². The van der Waals surface area contributed by atoms with E-state index in [1.807, 2.05) is 42.5 Å². The lowest BCUT2D eigenvalue weighted by Gasteiger charge is -2.13. The first-order valence-corrected chi connectivity index (χ1v) is 11.5. The molecule has 0 bridgehead atoms. The number of methoxy groups -OCH3 is 2. The van der Waals surface area contributed by atoms with E-state index in [0.29, 0.717) is 34.1 Å². The van der Waals surface area contributed by atoms with E-state index in [0.717, 1.165) is 10.8 Å². The summed E-state index contributed by atoms with van der Waals surface area (Å²) in [6, 6.07) is 25.1. The summed E-state index contributed by atoms with van der Waals surface area (Å²) in [6.07, 6.45) is 0.748. The quantitative estimate of drug-likeness (QED) is 0.151. The van der Waals surface area contributed by atoms with Crippen molar-refractivity contribution < 1.29 is 28.5 Å². The van der Waals surface area contributed by atoms with Crippen LogP contribution < -0.4 is 24.4 Å². The number of carbonyl (C=O) groups is 2. The Morgan fingerprint density at radius 3 is 2.24 bits per heavy atom. The van der Waals surface area contributed by atoms with Crippen molar-refractivity contribution in [2.75, 3.05) is 14.2 Å². The van der Waals surface area contributed by atoms with Crippen LogP contribution in [-0.4, -0.2) is 38.4 Å². The lowest BCUT2D eigenvalue weighted by Crippen LogP contribution is -2.33. The van der Waals surface area contributed by atoms with Gasteiger partial charge in [-0.1, -0.05) is 30.3 Å². The third-order valence-electron chi connectivity index (χ3n) is 5.50. The molecule has 8 nitrogen and oxygen atoms in total. The molecule has 0 unspecified atom stereocenters. The van der Waals surface area contributed by atoms with Crippen LogP contribution in [0.25, 0.3) is 10.8 Å². The molecule has 0 aliphatic carbocycles. The van der Waals surface area contributed by atoms with Crippen molar-refractivity contribution in [1.29, 1.82) is 0 Å². The van der Waals surface area contributed by atoms with E-state index >= 15 is 0 Å². The number of benzene rings is 4. The van der Waals surface area contributed by atoms with Crippen LogP contribution in [0, 0.1) is 0 Å². The smallest absolute Gasteiger partial charge is 0.343 e. The highest BCUT2D eigenvalue weighted by Crippen LogP contribution is 2.28. The largest absolute Gasteiger partial charge is 0.493 e. The molecule has 0 spiro atoms. The average Bonchev–Trinajstić information content (AvgIpc) is 2.93. The van der Waals surface area contributed by atoms with Crippen molar-refractivity contribution in [3.8, 4) is 23.0 Å². The third kappa shape index (κ3) is 6.43. The molecule has 1 N–H and O–H groups in total. The van der Waals surface area contributed by atoms with Crippen molar-refractivity contribution in [3.05, 3.63) is 96.1 Å². The summed E-state index contributed by atoms with van der Waals surface area (Å²) < 4.78 is 21.6. The number of hydrogen-bond donors (Lipinski definition) is 1. The highest BCUT2D eigenvalue weighted by atomic mass is 16.5. The van der Waals surface area contributed by atoms with E-state index in [2.05, 4.69) is 10.5 Å². The molecule has 0 aromatic heterocycles. The molecule has 4 aromatic rings. The van der Waals surface area contributed by atoms with Crippen LogP contribution in [0.1, 0.15) is 22.8 Å². The molecule has 4 aromatic carbocycles. The number of hydrazone groups is 1. The molecular formula is C29H26N2O6. The fraction of sp³-hybridized carbons (Fsp3) is 0.138. The Kier molecular flexibility index (Phi) is 8.00. The lowest BCUT2D eigenvalue weighted by molar-refractivity contribution is -0.127. The molecule has 188 valence electrons. The zero-order chi connectivity index (χ0) is 26.2. The molecule has 0 saturated carbocycles. The standard InChI is InChI=1S/C29H26N2O6/c1-19(36-25-14-10-21-6-4-5-7-22(21)16-25)28(32)31-30-18-20-8-12-24(13-9-20)37-29(33)23-11-15-26(34-2)27(17-23)35-3/h4-19H,1-3H3,(H,31,32)/b30-18-/t19-/m1/s1. The van der Waals surface area contributed by atoms with Gasteiger partial charge in [0.05, 0.1) is 26.0 Å². The summed E-state index contributed by atoms with van der Waals surface area (Å²) in [5.74, 6) is 0.994. The van der Waals surface area contributed by atoms with Gasteiger partial charge in [-0.3, -0.25) is 4.79 Å². The van der Waals surface area contributed by atoms with E-state index in [9.17, 15) is 9.59 Å².